The Morgan fingerprint density at radius 2 is 1.87 bits per heavy atom. The van der Waals surface area contributed by atoms with Crippen molar-refractivity contribution in [3.63, 3.8) is 0 Å². The number of hydrogen-bond donors (Lipinski definition) is 2. The lowest BCUT2D eigenvalue weighted by Gasteiger charge is -2.23. The van der Waals surface area contributed by atoms with Crippen LogP contribution >= 0.6 is 0 Å². The van der Waals surface area contributed by atoms with Crippen molar-refractivity contribution < 1.29 is 5.11 Å². The van der Waals surface area contributed by atoms with Crippen molar-refractivity contribution in [2.45, 2.75) is 38.8 Å². The second kappa shape index (κ2) is 5.89. The SMILES string of the molecule is CCC(C)C(O)C(N)Cc1ccccc1. The number of benzene rings is 1. The first-order valence-electron chi connectivity index (χ1n) is 5.62. The highest BCUT2D eigenvalue weighted by Gasteiger charge is 2.20. The molecule has 0 amide bonds. The van der Waals surface area contributed by atoms with Crippen molar-refractivity contribution in [3.8, 4) is 0 Å². The molecule has 1 rings (SSSR count). The zero-order valence-corrected chi connectivity index (χ0v) is 9.56. The van der Waals surface area contributed by atoms with Gasteiger partial charge in [0.2, 0.25) is 0 Å². The first kappa shape index (κ1) is 12.2. The van der Waals surface area contributed by atoms with E-state index >= 15 is 0 Å². The molecule has 0 aromatic heterocycles. The molecule has 2 nitrogen and oxygen atoms in total. The van der Waals surface area contributed by atoms with E-state index in [1.807, 2.05) is 37.3 Å². The number of rotatable bonds is 5. The molecule has 3 unspecified atom stereocenters. The maximum atomic E-state index is 9.92. The lowest BCUT2D eigenvalue weighted by Crippen LogP contribution is -2.40. The van der Waals surface area contributed by atoms with Gasteiger partial charge in [-0.1, -0.05) is 50.6 Å². The Labute approximate surface area is 92.1 Å². The molecule has 0 fully saturated rings. The third-order valence-electron chi connectivity index (χ3n) is 2.98. The van der Waals surface area contributed by atoms with Crippen LogP contribution in [-0.4, -0.2) is 17.3 Å². The highest BCUT2D eigenvalue weighted by Crippen LogP contribution is 2.13. The normalized spacial score (nSPS) is 17.1. The summed E-state index contributed by atoms with van der Waals surface area (Å²) in [5.41, 5.74) is 7.16. The predicted octanol–water partition coefficient (Wildman–Crippen LogP) is 1.96. The summed E-state index contributed by atoms with van der Waals surface area (Å²) in [6.45, 7) is 4.11. The van der Waals surface area contributed by atoms with Gasteiger partial charge in [-0.15, -0.1) is 0 Å². The minimum atomic E-state index is -0.407. The largest absolute Gasteiger partial charge is 0.391 e. The lowest BCUT2D eigenvalue weighted by atomic mass is 9.92. The third kappa shape index (κ3) is 3.65. The molecule has 2 heteroatoms. The van der Waals surface area contributed by atoms with E-state index in [1.165, 1.54) is 5.56 Å². The van der Waals surface area contributed by atoms with E-state index in [9.17, 15) is 5.11 Å². The molecule has 84 valence electrons. The fourth-order valence-corrected chi connectivity index (χ4v) is 1.67. The van der Waals surface area contributed by atoms with Crippen molar-refractivity contribution >= 4 is 0 Å². The van der Waals surface area contributed by atoms with Crippen molar-refractivity contribution in [2.24, 2.45) is 11.7 Å². The van der Waals surface area contributed by atoms with Gasteiger partial charge >= 0.3 is 0 Å². The van der Waals surface area contributed by atoms with E-state index in [0.717, 1.165) is 12.8 Å². The van der Waals surface area contributed by atoms with Gasteiger partial charge in [-0.2, -0.15) is 0 Å². The van der Waals surface area contributed by atoms with Crippen LogP contribution in [0.4, 0.5) is 0 Å². The topological polar surface area (TPSA) is 46.2 Å². The molecule has 0 bridgehead atoms. The minimum absolute atomic E-state index is 0.164. The molecule has 0 saturated carbocycles. The molecule has 0 aliphatic rings. The maximum Gasteiger partial charge on any atom is 0.0719 e. The van der Waals surface area contributed by atoms with Crippen LogP contribution in [-0.2, 0) is 6.42 Å². The van der Waals surface area contributed by atoms with Crippen molar-refractivity contribution in [1.29, 1.82) is 0 Å². The standard InChI is InChI=1S/C13H21NO/c1-3-10(2)13(15)12(14)9-11-7-5-4-6-8-11/h4-8,10,12-13,15H,3,9,14H2,1-2H3. The monoisotopic (exact) mass is 207 g/mol. The fraction of sp³-hybridized carbons (Fsp3) is 0.538. The van der Waals surface area contributed by atoms with E-state index < -0.39 is 6.10 Å². The summed E-state index contributed by atoms with van der Waals surface area (Å²) in [5, 5.41) is 9.92. The summed E-state index contributed by atoms with van der Waals surface area (Å²) in [5.74, 6) is 0.267. The lowest BCUT2D eigenvalue weighted by molar-refractivity contribution is 0.0880. The number of hydrogen-bond acceptors (Lipinski definition) is 2. The smallest absolute Gasteiger partial charge is 0.0719 e. The summed E-state index contributed by atoms with van der Waals surface area (Å²) < 4.78 is 0. The van der Waals surface area contributed by atoms with Gasteiger partial charge in [0.05, 0.1) is 6.10 Å². The van der Waals surface area contributed by atoms with Gasteiger partial charge in [0.25, 0.3) is 0 Å². The van der Waals surface area contributed by atoms with Crippen LogP contribution in [0.15, 0.2) is 30.3 Å². The van der Waals surface area contributed by atoms with Crippen LogP contribution in [0.2, 0.25) is 0 Å². The second-order valence-electron chi connectivity index (χ2n) is 4.23. The molecule has 3 atom stereocenters. The molecular weight excluding hydrogens is 186 g/mol. The van der Waals surface area contributed by atoms with Gasteiger partial charge in [-0.05, 0) is 17.9 Å². The predicted molar refractivity (Wildman–Crippen MR) is 63.6 cm³/mol. The van der Waals surface area contributed by atoms with Gasteiger partial charge < -0.3 is 10.8 Å². The molecule has 0 spiro atoms. The van der Waals surface area contributed by atoms with E-state index in [4.69, 9.17) is 5.73 Å². The Bertz CT molecular complexity index is 273. The van der Waals surface area contributed by atoms with E-state index in [-0.39, 0.29) is 12.0 Å². The first-order chi connectivity index (χ1) is 7.15. The first-order valence-corrected chi connectivity index (χ1v) is 5.62. The highest BCUT2D eigenvalue weighted by molar-refractivity contribution is 5.16. The van der Waals surface area contributed by atoms with Gasteiger partial charge in [0.1, 0.15) is 0 Å². The molecule has 1 aromatic rings. The van der Waals surface area contributed by atoms with Crippen LogP contribution in [0.25, 0.3) is 0 Å². The third-order valence-corrected chi connectivity index (χ3v) is 2.98. The maximum absolute atomic E-state index is 9.92. The summed E-state index contributed by atoms with van der Waals surface area (Å²) in [6.07, 6.45) is 1.30. The van der Waals surface area contributed by atoms with Crippen LogP contribution in [0, 0.1) is 5.92 Å². The quantitative estimate of drug-likeness (QED) is 0.775. The van der Waals surface area contributed by atoms with Gasteiger partial charge in [0, 0.05) is 6.04 Å². The number of nitrogens with two attached hydrogens (primary N) is 1. The minimum Gasteiger partial charge on any atom is -0.391 e. The molecule has 15 heavy (non-hydrogen) atoms. The summed E-state index contributed by atoms with van der Waals surface area (Å²) in [7, 11) is 0. The van der Waals surface area contributed by atoms with Crippen LogP contribution < -0.4 is 5.73 Å². The van der Waals surface area contributed by atoms with Crippen molar-refractivity contribution in [2.75, 3.05) is 0 Å². The summed E-state index contributed by atoms with van der Waals surface area (Å²) >= 11 is 0. The summed E-state index contributed by atoms with van der Waals surface area (Å²) in [6, 6.07) is 9.91. The Hall–Kier alpha value is -0.860. The van der Waals surface area contributed by atoms with Crippen molar-refractivity contribution in [3.05, 3.63) is 35.9 Å². The molecule has 0 aliphatic heterocycles. The number of aliphatic hydroxyl groups excluding tert-OH is 1. The van der Waals surface area contributed by atoms with Crippen molar-refractivity contribution in [1.82, 2.24) is 0 Å². The summed E-state index contributed by atoms with van der Waals surface area (Å²) in [4.78, 5) is 0. The zero-order chi connectivity index (χ0) is 11.3. The van der Waals surface area contributed by atoms with Crippen LogP contribution in [0.1, 0.15) is 25.8 Å². The average molecular weight is 207 g/mol. The van der Waals surface area contributed by atoms with E-state index in [2.05, 4.69) is 6.92 Å². The molecule has 0 aliphatic carbocycles. The molecular formula is C13H21NO. The second-order valence-corrected chi connectivity index (χ2v) is 4.23. The zero-order valence-electron chi connectivity index (χ0n) is 9.56. The number of aliphatic hydroxyl groups is 1. The average Bonchev–Trinajstić information content (AvgIpc) is 2.28. The Morgan fingerprint density at radius 1 is 1.27 bits per heavy atom. The van der Waals surface area contributed by atoms with Gasteiger partial charge in [0.15, 0.2) is 0 Å². The van der Waals surface area contributed by atoms with Gasteiger partial charge in [-0.25, -0.2) is 0 Å². The van der Waals surface area contributed by atoms with Crippen LogP contribution in [0.5, 0.6) is 0 Å². The Kier molecular flexibility index (Phi) is 4.79. The van der Waals surface area contributed by atoms with Gasteiger partial charge in [-0.3, -0.25) is 0 Å². The highest BCUT2D eigenvalue weighted by atomic mass is 16.3. The molecule has 0 heterocycles. The Morgan fingerprint density at radius 3 is 2.40 bits per heavy atom. The molecule has 0 saturated heterocycles. The Balaban J connectivity index is 2.52. The van der Waals surface area contributed by atoms with E-state index in [0.29, 0.717) is 0 Å². The van der Waals surface area contributed by atoms with E-state index in [1.54, 1.807) is 0 Å². The molecule has 0 radical (unpaired) electrons. The molecule has 3 N–H and O–H groups in total. The van der Waals surface area contributed by atoms with Crippen LogP contribution in [0.3, 0.4) is 0 Å². The fourth-order valence-electron chi connectivity index (χ4n) is 1.67. The molecule has 1 aromatic carbocycles.